The van der Waals surface area contributed by atoms with Crippen LogP contribution in [0.25, 0.3) is 0 Å². The van der Waals surface area contributed by atoms with Gasteiger partial charge in [0.1, 0.15) is 12.0 Å². The molecule has 1 aromatic carbocycles. The van der Waals surface area contributed by atoms with Crippen molar-refractivity contribution < 1.29 is 9.84 Å². The van der Waals surface area contributed by atoms with Crippen LogP contribution in [0.2, 0.25) is 0 Å². The molecule has 3 heteroatoms. The third kappa shape index (κ3) is 2.05. The minimum absolute atomic E-state index is 0.0710. The molecule has 1 heterocycles. The number of hydrogen-bond acceptors (Lipinski definition) is 3. The Hall–Kier alpha value is -1.06. The Morgan fingerprint density at radius 1 is 1.50 bits per heavy atom. The average molecular weight is 193 g/mol. The Labute approximate surface area is 83.7 Å². The van der Waals surface area contributed by atoms with Gasteiger partial charge < -0.3 is 9.84 Å². The van der Waals surface area contributed by atoms with Crippen LogP contribution in [0.5, 0.6) is 5.75 Å². The van der Waals surface area contributed by atoms with Crippen molar-refractivity contribution in [2.75, 3.05) is 13.2 Å². The summed E-state index contributed by atoms with van der Waals surface area (Å²) in [7, 11) is 0. The Bertz CT molecular complexity index is 306. The van der Waals surface area contributed by atoms with Gasteiger partial charge in [-0.1, -0.05) is 19.1 Å². The van der Waals surface area contributed by atoms with Crippen LogP contribution in [0.4, 0.5) is 0 Å². The third-order valence-electron chi connectivity index (χ3n) is 2.37. The van der Waals surface area contributed by atoms with Crippen molar-refractivity contribution in [1.82, 2.24) is 5.32 Å². The van der Waals surface area contributed by atoms with E-state index in [1.807, 2.05) is 12.1 Å². The maximum absolute atomic E-state index is 9.31. The van der Waals surface area contributed by atoms with E-state index in [2.05, 4.69) is 12.2 Å². The van der Waals surface area contributed by atoms with Gasteiger partial charge in [0.15, 0.2) is 0 Å². The highest BCUT2D eigenvalue weighted by atomic mass is 16.5. The summed E-state index contributed by atoms with van der Waals surface area (Å²) < 4.78 is 5.61. The number of phenols is 1. The molecule has 2 unspecified atom stereocenters. The van der Waals surface area contributed by atoms with Crippen LogP contribution in [-0.2, 0) is 4.74 Å². The third-order valence-corrected chi connectivity index (χ3v) is 2.37. The Kier molecular flexibility index (Phi) is 2.70. The minimum Gasteiger partial charge on any atom is -0.508 e. The molecule has 1 aliphatic heterocycles. The van der Waals surface area contributed by atoms with Crippen molar-refractivity contribution in [3.8, 4) is 5.75 Å². The fourth-order valence-electron chi connectivity index (χ4n) is 1.59. The van der Waals surface area contributed by atoms with Crippen molar-refractivity contribution in [2.45, 2.75) is 13.2 Å². The summed E-state index contributed by atoms with van der Waals surface area (Å²) in [6.07, 6.45) is -0.0710. The van der Waals surface area contributed by atoms with Gasteiger partial charge in [-0.2, -0.15) is 0 Å². The number of ether oxygens (including phenoxy) is 1. The highest BCUT2D eigenvalue weighted by Crippen LogP contribution is 2.22. The van der Waals surface area contributed by atoms with Gasteiger partial charge in [0.25, 0.3) is 0 Å². The zero-order chi connectivity index (χ0) is 9.97. The first-order valence-electron chi connectivity index (χ1n) is 4.89. The second-order valence-electron chi connectivity index (χ2n) is 3.82. The first-order valence-corrected chi connectivity index (χ1v) is 4.89. The fraction of sp³-hybridized carbons (Fsp3) is 0.455. The lowest BCUT2D eigenvalue weighted by Gasteiger charge is -2.28. The van der Waals surface area contributed by atoms with Gasteiger partial charge in [0.2, 0.25) is 0 Å². The summed E-state index contributed by atoms with van der Waals surface area (Å²) in [5, 5.41) is 12.6. The number of benzene rings is 1. The number of hydrogen-bond donors (Lipinski definition) is 2. The van der Waals surface area contributed by atoms with Crippen molar-refractivity contribution >= 4 is 0 Å². The van der Waals surface area contributed by atoms with Crippen LogP contribution in [-0.4, -0.2) is 18.3 Å². The number of nitrogens with one attached hydrogen (secondary N) is 1. The van der Waals surface area contributed by atoms with Crippen LogP contribution in [0.15, 0.2) is 24.3 Å². The quantitative estimate of drug-likeness (QED) is 0.712. The van der Waals surface area contributed by atoms with Crippen molar-refractivity contribution in [1.29, 1.82) is 0 Å². The van der Waals surface area contributed by atoms with E-state index in [-0.39, 0.29) is 12.0 Å². The fourth-order valence-corrected chi connectivity index (χ4v) is 1.59. The van der Waals surface area contributed by atoms with Gasteiger partial charge in [0, 0.05) is 6.54 Å². The zero-order valence-electron chi connectivity index (χ0n) is 8.23. The molecule has 2 rings (SSSR count). The maximum atomic E-state index is 9.31. The Morgan fingerprint density at radius 3 is 3.00 bits per heavy atom. The molecule has 0 aromatic heterocycles. The molecule has 76 valence electrons. The van der Waals surface area contributed by atoms with Gasteiger partial charge in [-0.15, -0.1) is 0 Å². The van der Waals surface area contributed by atoms with E-state index in [4.69, 9.17) is 4.74 Å². The molecular formula is C11H15NO2. The van der Waals surface area contributed by atoms with Crippen LogP contribution in [0.1, 0.15) is 18.7 Å². The predicted octanol–water partition coefficient (Wildman–Crippen LogP) is 1.65. The second kappa shape index (κ2) is 3.98. The Balaban J connectivity index is 2.08. The molecule has 14 heavy (non-hydrogen) atoms. The van der Waals surface area contributed by atoms with E-state index in [9.17, 15) is 5.11 Å². The molecule has 0 radical (unpaired) electrons. The van der Waals surface area contributed by atoms with Gasteiger partial charge in [-0.25, -0.2) is 0 Å². The van der Waals surface area contributed by atoms with Gasteiger partial charge >= 0.3 is 0 Å². The molecule has 3 nitrogen and oxygen atoms in total. The summed E-state index contributed by atoms with van der Waals surface area (Å²) in [5.74, 6) is 0.843. The second-order valence-corrected chi connectivity index (χ2v) is 3.82. The number of rotatable bonds is 1. The topological polar surface area (TPSA) is 41.5 Å². The molecular weight excluding hydrogens is 178 g/mol. The maximum Gasteiger partial charge on any atom is 0.134 e. The monoisotopic (exact) mass is 193 g/mol. The van der Waals surface area contributed by atoms with E-state index in [1.54, 1.807) is 12.1 Å². The SMILES string of the molecule is CC1CNC(c2cccc(O)c2)OC1. The number of phenolic OH excluding ortho intramolecular Hbond substituents is 1. The standard InChI is InChI=1S/C11H15NO2/c1-8-6-12-11(14-7-8)9-3-2-4-10(13)5-9/h2-5,8,11-13H,6-7H2,1H3. The predicted molar refractivity (Wildman–Crippen MR) is 54.0 cm³/mol. The lowest BCUT2D eigenvalue weighted by Crippen LogP contribution is -2.36. The largest absolute Gasteiger partial charge is 0.508 e. The van der Waals surface area contributed by atoms with Crippen LogP contribution >= 0.6 is 0 Å². The lowest BCUT2D eigenvalue weighted by atomic mass is 10.1. The van der Waals surface area contributed by atoms with Gasteiger partial charge in [0.05, 0.1) is 6.61 Å². The van der Waals surface area contributed by atoms with E-state index in [1.165, 1.54) is 0 Å². The van der Waals surface area contributed by atoms with E-state index in [0.717, 1.165) is 18.7 Å². The van der Waals surface area contributed by atoms with Crippen LogP contribution in [0.3, 0.4) is 0 Å². The summed E-state index contributed by atoms with van der Waals surface area (Å²) >= 11 is 0. The zero-order valence-corrected chi connectivity index (χ0v) is 8.23. The molecule has 0 aliphatic carbocycles. The normalized spacial score (nSPS) is 27.5. The highest BCUT2D eigenvalue weighted by molar-refractivity contribution is 5.28. The molecule has 0 spiro atoms. The molecule has 1 aliphatic rings. The molecule has 2 atom stereocenters. The van der Waals surface area contributed by atoms with Gasteiger partial charge in [-0.05, 0) is 23.6 Å². The molecule has 1 saturated heterocycles. The Morgan fingerprint density at radius 2 is 2.36 bits per heavy atom. The molecule has 0 saturated carbocycles. The summed E-state index contributed by atoms with van der Waals surface area (Å²) in [5.41, 5.74) is 0.983. The van der Waals surface area contributed by atoms with Crippen LogP contribution in [0, 0.1) is 5.92 Å². The van der Waals surface area contributed by atoms with E-state index < -0.39 is 0 Å². The smallest absolute Gasteiger partial charge is 0.134 e. The van der Waals surface area contributed by atoms with E-state index >= 15 is 0 Å². The molecule has 2 N–H and O–H groups in total. The molecule has 1 fully saturated rings. The lowest BCUT2D eigenvalue weighted by molar-refractivity contribution is -0.0255. The van der Waals surface area contributed by atoms with E-state index in [0.29, 0.717) is 5.92 Å². The van der Waals surface area contributed by atoms with Crippen molar-refractivity contribution in [3.05, 3.63) is 29.8 Å². The minimum atomic E-state index is -0.0710. The molecule has 1 aromatic rings. The first-order chi connectivity index (χ1) is 6.75. The summed E-state index contributed by atoms with van der Waals surface area (Å²) in [4.78, 5) is 0. The highest BCUT2D eigenvalue weighted by Gasteiger charge is 2.19. The van der Waals surface area contributed by atoms with Gasteiger partial charge in [-0.3, -0.25) is 5.32 Å². The summed E-state index contributed by atoms with van der Waals surface area (Å²) in [6.45, 7) is 3.87. The first kappa shape index (κ1) is 9.49. The van der Waals surface area contributed by atoms with Crippen LogP contribution < -0.4 is 5.32 Å². The molecule has 0 amide bonds. The molecule has 0 bridgehead atoms. The van der Waals surface area contributed by atoms with Crippen molar-refractivity contribution in [2.24, 2.45) is 5.92 Å². The summed E-state index contributed by atoms with van der Waals surface area (Å²) in [6, 6.07) is 7.17. The average Bonchev–Trinajstić information content (AvgIpc) is 2.19. The van der Waals surface area contributed by atoms with Crippen molar-refractivity contribution in [3.63, 3.8) is 0 Å². The number of aromatic hydroxyl groups is 1.